The molecule has 0 N–H and O–H groups in total. The number of Topliss-reactive ketones (excluding diaryl/α,β-unsaturated/α-hetero) is 1. The molecule has 3 heterocycles. The molecular formula is C24H25N3O5. The molecule has 1 aliphatic heterocycles. The SMILES string of the molecule is CCOC(=O)c1cc(C(=O)C2CCN(C(=O)OCc3ccccc3)CC2)n2ncccc12. The van der Waals surface area contributed by atoms with Crippen LogP contribution in [0.2, 0.25) is 0 Å². The molecule has 3 aromatic rings. The van der Waals surface area contributed by atoms with Gasteiger partial charge in [0.1, 0.15) is 12.3 Å². The molecule has 8 nitrogen and oxygen atoms in total. The third kappa shape index (κ3) is 4.49. The van der Waals surface area contributed by atoms with Gasteiger partial charge in [0.05, 0.1) is 17.7 Å². The number of ether oxygens (including phenoxy) is 2. The van der Waals surface area contributed by atoms with Crippen LogP contribution in [0.3, 0.4) is 0 Å². The molecule has 0 radical (unpaired) electrons. The smallest absolute Gasteiger partial charge is 0.410 e. The molecule has 1 saturated heterocycles. The highest BCUT2D eigenvalue weighted by molar-refractivity contribution is 6.04. The van der Waals surface area contributed by atoms with Gasteiger partial charge in [0.25, 0.3) is 0 Å². The van der Waals surface area contributed by atoms with Crippen molar-refractivity contribution in [1.82, 2.24) is 14.5 Å². The maximum Gasteiger partial charge on any atom is 0.410 e. The predicted octanol–water partition coefficient (Wildman–Crippen LogP) is 3.74. The zero-order chi connectivity index (χ0) is 22.5. The first-order valence-corrected chi connectivity index (χ1v) is 10.7. The predicted molar refractivity (Wildman–Crippen MR) is 116 cm³/mol. The molecule has 2 aromatic heterocycles. The van der Waals surface area contributed by atoms with E-state index >= 15 is 0 Å². The first-order valence-electron chi connectivity index (χ1n) is 10.7. The molecule has 1 amide bonds. The zero-order valence-corrected chi connectivity index (χ0v) is 17.9. The maximum absolute atomic E-state index is 13.2. The van der Waals surface area contributed by atoms with Gasteiger partial charge in [-0.3, -0.25) is 4.79 Å². The van der Waals surface area contributed by atoms with E-state index < -0.39 is 5.97 Å². The normalized spacial score (nSPS) is 14.3. The highest BCUT2D eigenvalue weighted by atomic mass is 16.6. The first kappa shape index (κ1) is 21.5. The van der Waals surface area contributed by atoms with E-state index in [1.807, 2.05) is 30.3 Å². The van der Waals surface area contributed by atoms with Crippen LogP contribution < -0.4 is 0 Å². The number of fused-ring (bicyclic) bond motifs is 1. The summed E-state index contributed by atoms with van der Waals surface area (Å²) in [4.78, 5) is 39.6. The summed E-state index contributed by atoms with van der Waals surface area (Å²) in [5, 5.41) is 4.26. The number of likely N-dealkylation sites (tertiary alicyclic amines) is 1. The van der Waals surface area contributed by atoms with Crippen LogP contribution in [0.1, 0.15) is 46.2 Å². The number of benzene rings is 1. The van der Waals surface area contributed by atoms with Crippen molar-refractivity contribution in [2.75, 3.05) is 19.7 Å². The molecule has 32 heavy (non-hydrogen) atoms. The van der Waals surface area contributed by atoms with Gasteiger partial charge in [-0.15, -0.1) is 0 Å². The van der Waals surface area contributed by atoms with Crippen LogP contribution >= 0.6 is 0 Å². The van der Waals surface area contributed by atoms with Crippen molar-refractivity contribution in [3.8, 4) is 0 Å². The van der Waals surface area contributed by atoms with Crippen LogP contribution in [0.5, 0.6) is 0 Å². The Morgan fingerprint density at radius 1 is 1.03 bits per heavy atom. The van der Waals surface area contributed by atoms with E-state index in [-0.39, 0.29) is 31.0 Å². The lowest BCUT2D eigenvalue weighted by Crippen LogP contribution is -2.40. The average molecular weight is 435 g/mol. The number of carbonyl (C=O) groups is 3. The van der Waals surface area contributed by atoms with Gasteiger partial charge < -0.3 is 14.4 Å². The standard InChI is InChI=1S/C24H25N3O5/c1-2-31-23(29)19-15-21(27-20(19)9-6-12-25-27)22(28)18-10-13-26(14-11-18)24(30)32-16-17-7-4-3-5-8-17/h3-9,12,15,18H,2,10-11,13-14,16H2,1H3. The number of ketones is 1. The first-order chi connectivity index (χ1) is 15.6. The van der Waals surface area contributed by atoms with E-state index in [2.05, 4.69) is 5.10 Å². The second kappa shape index (κ2) is 9.64. The molecule has 0 bridgehead atoms. The van der Waals surface area contributed by atoms with Crippen molar-refractivity contribution in [3.63, 3.8) is 0 Å². The molecule has 8 heteroatoms. The topological polar surface area (TPSA) is 90.2 Å². The number of hydrogen-bond acceptors (Lipinski definition) is 6. The van der Waals surface area contributed by atoms with Gasteiger partial charge in [0.2, 0.25) is 0 Å². The molecule has 0 unspecified atom stereocenters. The van der Waals surface area contributed by atoms with Crippen molar-refractivity contribution in [1.29, 1.82) is 0 Å². The van der Waals surface area contributed by atoms with E-state index in [1.165, 1.54) is 4.52 Å². The van der Waals surface area contributed by atoms with E-state index in [0.29, 0.717) is 42.7 Å². The average Bonchev–Trinajstić information content (AvgIpc) is 3.23. The fraction of sp³-hybridized carbons (Fsp3) is 0.333. The van der Waals surface area contributed by atoms with Gasteiger partial charge in [-0.2, -0.15) is 5.10 Å². The van der Waals surface area contributed by atoms with Crippen LogP contribution in [-0.2, 0) is 16.1 Å². The Morgan fingerprint density at radius 2 is 1.78 bits per heavy atom. The van der Waals surface area contributed by atoms with Crippen molar-refractivity contribution >= 4 is 23.4 Å². The van der Waals surface area contributed by atoms with E-state index in [4.69, 9.17) is 9.47 Å². The minimum absolute atomic E-state index is 0.0912. The highest BCUT2D eigenvalue weighted by Gasteiger charge is 2.31. The minimum Gasteiger partial charge on any atom is -0.462 e. The Hall–Kier alpha value is -3.68. The van der Waals surface area contributed by atoms with Crippen molar-refractivity contribution in [2.45, 2.75) is 26.4 Å². The molecule has 4 rings (SSSR count). The Bertz CT molecular complexity index is 1120. The van der Waals surface area contributed by atoms with Crippen LogP contribution in [-0.4, -0.2) is 52.1 Å². The zero-order valence-electron chi connectivity index (χ0n) is 17.9. The molecule has 0 spiro atoms. The Kier molecular flexibility index (Phi) is 6.49. The monoisotopic (exact) mass is 435 g/mol. The van der Waals surface area contributed by atoms with Gasteiger partial charge in [0, 0.05) is 25.2 Å². The summed E-state index contributed by atoms with van der Waals surface area (Å²) in [6.45, 7) is 3.08. The quantitative estimate of drug-likeness (QED) is 0.433. The largest absolute Gasteiger partial charge is 0.462 e. The van der Waals surface area contributed by atoms with E-state index in [1.54, 1.807) is 36.2 Å². The van der Waals surface area contributed by atoms with Gasteiger partial charge in [-0.05, 0) is 43.5 Å². The van der Waals surface area contributed by atoms with E-state index in [9.17, 15) is 14.4 Å². The molecule has 166 valence electrons. The highest BCUT2D eigenvalue weighted by Crippen LogP contribution is 2.25. The summed E-state index contributed by atoms with van der Waals surface area (Å²) < 4.78 is 12.0. The summed E-state index contributed by atoms with van der Waals surface area (Å²) in [5.41, 5.74) is 2.14. The van der Waals surface area contributed by atoms with Crippen molar-refractivity contribution in [3.05, 3.63) is 71.5 Å². The number of carbonyl (C=O) groups excluding carboxylic acids is 3. The van der Waals surface area contributed by atoms with Gasteiger partial charge in [-0.25, -0.2) is 14.1 Å². The summed E-state index contributed by atoms with van der Waals surface area (Å²) in [6, 6.07) is 14.5. The fourth-order valence-electron chi connectivity index (χ4n) is 3.93. The number of nitrogens with zero attached hydrogens (tertiary/aromatic N) is 3. The number of rotatable bonds is 6. The third-order valence-electron chi connectivity index (χ3n) is 5.61. The third-order valence-corrected chi connectivity index (χ3v) is 5.61. The number of piperidine rings is 1. The lowest BCUT2D eigenvalue weighted by atomic mass is 9.91. The number of amides is 1. The number of aromatic nitrogens is 2. The van der Waals surface area contributed by atoms with Crippen molar-refractivity contribution < 1.29 is 23.9 Å². The summed E-state index contributed by atoms with van der Waals surface area (Å²) in [6.07, 6.45) is 2.24. The molecular weight excluding hydrogens is 410 g/mol. The van der Waals surface area contributed by atoms with E-state index in [0.717, 1.165) is 5.56 Å². The summed E-state index contributed by atoms with van der Waals surface area (Å²) in [5.74, 6) is -0.831. The number of esters is 1. The van der Waals surface area contributed by atoms with Gasteiger partial charge in [0.15, 0.2) is 5.78 Å². The molecule has 1 aliphatic rings. The van der Waals surface area contributed by atoms with Crippen LogP contribution in [0, 0.1) is 5.92 Å². The molecule has 0 aliphatic carbocycles. The van der Waals surface area contributed by atoms with Crippen LogP contribution in [0.4, 0.5) is 4.79 Å². The second-order valence-electron chi connectivity index (χ2n) is 7.65. The molecule has 1 aromatic carbocycles. The number of hydrogen-bond donors (Lipinski definition) is 0. The lowest BCUT2D eigenvalue weighted by Gasteiger charge is -2.30. The second-order valence-corrected chi connectivity index (χ2v) is 7.65. The maximum atomic E-state index is 13.2. The molecule has 1 fully saturated rings. The Labute approximate surface area is 185 Å². The fourth-order valence-corrected chi connectivity index (χ4v) is 3.93. The van der Waals surface area contributed by atoms with Gasteiger partial charge >= 0.3 is 12.1 Å². The minimum atomic E-state index is -0.479. The molecule has 0 atom stereocenters. The summed E-state index contributed by atoms with van der Waals surface area (Å²) >= 11 is 0. The summed E-state index contributed by atoms with van der Waals surface area (Å²) in [7, 11) is 0. The Morgan fingerprint density at radius 3 is 2.50 bits per heavy atom. The molecule has 0 saturated carbocycles. The van der Waals surface area contributed by atoms with Crippen LogP contribution in [0.25, 0.3) is 5.52 Å². The van der Waals surface area contributed by atoms with Gasteiger partial charge in [-0.1, -0.05) is 30.3 Å². The van der Waals surface area contributed by atoms with Crippen LogP contribution in [0.15, 0.2) is 54.7 Å². The Balaban J connectivity index is 1.41. The van der Waals surface area contributed by atoms with Crippen molar-refractivity contribution in [2.24, 2.45) is 5.92 Å². The lowest BCUT2D eigenvalue weighted by molar-refractivity contribution is 0.0528.